The first-order chi connectivity index (χ1) is 22.7. The highest BCUT2D eigenvalue weighted by Gasteiger charge is 2.26. The molecule has 48 heavy (non-hydrogen) atoms. The van der Waals surface area contributed by atoms with Crippen molar-refractivity contribution in [3.8, 4) is 11.1 Å². The summed E-state index contributed by atoms with van der Waals surface area (Å²) in [6, 6.07) is 20.6. The number of aryl methyl sites for hydroxylation is 1. The molecule has 0 aromatic heterocycles. The van der Waals surface area contributed by atoms with Crippen LogP contribution in [-0.4, -0.2) is 66.6 Å². The normalized spacial score (nSPS) is 14.4. The lowest BCUT2D eigenvalue weighted by molar-refractivity contribution is 0.0142. The number of rotatable bonds is 14. The number of hydrogen-bond donors (Lipinski definition) is 4. The summed E-state index contributed by atoms with van der Waals surface area (Å²) in [5.74, 6) is -0.780. The molecule has 260 valence electrons. The fraction of sp³-hybridized carbons (Fsp3) is 0.459. The number of ether oxygens (including phenoxy) is 1. The topological polar surface area (TPSA) is 159 Å². The summed E-state index contributed by atoms with van der Waals surface area (Å²) in [5.41, 5.74) is 10.6. The lowest BCUT2D eigenvalue weighted by Gasteiger charge is -2.29. The zero-order valence-corrected chi connectivity index (χ0v) is 29.0. The van der Waals surface area contributed by atoms with Gasteiger partial charge >= 0.3 is 6.09 Å². The molecular formula is C37H49N3O7S. The Labute approximate surface area is 284 Å². The van der Waals surface area contributed by atoms with E-state index in [2.05, 4.69) is 4.72 Å². The van der Waals surface area contributed by atoms with E-state index < -0.39 is 33.7 Å². The molecule has 1 fully saturated rings. The summed E-state index contributed by atoms with van der Waals surface area (Å²) in [5, 5.41) is 19.9. The highest BCUT2D eigenvalue weighted by atomic mass is 32.2. The van der Waals surface area contributed by atoms with Gasteiger partial charge in [-0.25, -0.2) is 17.9 Å². The second-order valence-corrected chi connectivity index (χ2v) is 15.4. The van der Waals surface area contributed by atoms with E-state index in [0.29, 0.717) is 36.2 Å². The summed E-state index contributed by atoms with van der Waals surface area (Å²) >= 11 is 0. The molecular weight excluding hydrogens is 630 g/mol. The van der Waals surface area contributed by atoms with Gasteiger partial charge < -0.3 is 25.6 Å². The number of carbonyl (C=O) groups excluding carboxylic acids is 2. The molecule has 0 unspecified atom stereocenters. The summed E-state index contributed by atoms with van der Waals surface area (Å²) in [7, 11) is -3.85. The van der Waals surface area contributed by atoms with E-state index in [1.807, 2.05) is 57.2 Å². The predicted octanol–water partition coefficient (Wildman–Crippen LogP) is 5.94. The number of aliphatic hydroxyl groups excluding tert-OH is 2. The van der Waals surface area contributed by atoms with Gasteiger partial charge in [0, 0.05) is 24.4 Å². The largest absolute Gasteiger partial charge is 0.444 e. The van der Waals surface area contributed by atoms with Crippen molar-refractivity contribution in [2.24, 2.45) is 0 Å². The van der Waals surface area contributed by atoms with Crippen molar-refractivity contribution in [1.29, 1.82) is 0 Å². The molecule has 0 aliphatic heterocycles. The van der Waals surface area contributed by atoms with E-state index in [4.69, 9.17) is 15.6 Å². The molecule has 2 amide bonds. The average molecular weight is 680 g/mol. The Hall–Kier alpha value is -3.93. The van der Waals surface area contributed by atoms with E-state index in [0.717, 1.165) is 47.9 Å². The molecule has 3 aromatic carbocycles. The van der Waals surface area contributed by atoms with Crippen LogP contribution in [0.4, 0.5) is 10.5 Å². The Morgan fingerprint density at radius 3 is 2.25 bits per heavy atom. The Balaban J connectivity index is 1.44. The first-order valence-electron chi connectivity index (χ1n) is 16.6. The van der Waals surface area contributed by atoms with E-state index >= 15 is 0 Å². The van der Waals surface area contributed by atoms with Gasteiger partial charge in [0.2, 0.25) is 10.0 Å². The number of sulfonamides is 1. The standard InChI is InChI=1S/C37H49N3O7S/c1-37(2,3)47-36(44)40(25-34(42)29-15-18-31(38)19-16-29)21-6-8-26-11-13-27(14-12-26)30-17-20-32(33(24-30)28-9-4-5-10-28)35(43)39-48(45,46)23-7-22-41/h11-20,24,28,34,41-42H,4-10,21-23,25,38H2,1-3H3,(H,39,43)/t34-/m0/s1. The minimum absolute atomic E-state index is 0.0582. The van der Waals surface area contributed by atoms with Crippen LogP contribution in [0.2, 0.25) is 0 Å². The van der Waals surface area contributed by atoms with Crippen LogP contribution in [-0.2, 0) is 21.2 Å². The Morgan fingerprint density at radius 2 is 1.62 bits per heavy atom. The molecule has 1 aliphatic carbocycles. The highest BCUT2D eigenvalue weighted by molar-refractivity contribution is 7.90. The van der Waals surface area contributed by atoms with E-state index in [1.54, 1.807) is 35.2 Å². The van der Waals surface area contributed by atoms with Crippen LogP contribution in [0.25, 0.3) is 11.1 Å². The molecule has 0 radical (unpaired) electrons. The third-order valence-electron chi connectivity index (χ3n) is 8.46. The lowest BCUT2D eigenvalue weighted by Crippen LogP contribution is -2.40. The number of aliphatic hydroxyl groups is 2. The number of nitrogens with one attached hydrogen (secondary N) is 1. The molecule has 1 saturated carbocycles. The third kappa shape index (κ3) is 10.8. The van der Waals surface area contributed by atoms with Gasteiger partial charge in [-0.05, 0) is 105 Å². The van der Waals surface area contributed by atoms with Crippen molar-refractivity contribution in [3.63, 3.8) is 0 Å². The number of carbonyl (C=O) groups is 2. The van der Waals surface area contributed by atoms with E-state index in [9.17, 15) is 23.1 Å². The first kappa shape index (κ1) is 36.9. The minimum atomic E-state index is -3.85. The maximum atomic E-state index is 13.1. The van der Waals surface area contributed by atoms with Crippen molar-refractivity contribution >= 4 is 27.7 Å². The van der Waals surface area contributed by atoms with Crippen LogP contribution in [0.1, 0.15) is 98.4 Å². The van der Waals surface area contributed by atoms with Crippen LogP contribution in [0.3, 0.4) is 0 Å². The van der Waals surface area contributed by atoms with Gasteiger partial charge in [0.15, 0.2) is 0 Å². The SMILES string of the molecule is CC(C)(C)OC(=O)N(CCCc1ccc(-c2ccc(C(=O)NS(=O)(=O)CCCO)c(C3CCCC3)c2)cc1)C[C@H](O)c1ccc(N)cc1. The molecule has 1 atom stereocenters. The molecule has 4 rings (SSSR count). The maximum absolute atomic E-state index is 13.1. The van der Waals surface area contributed by atoms with Gasteiger partial charge in [0.25, 0.3) is 5.91 Å². The Morgan fingerprint density at radius 1 is 0.979 bits per heavy atom. The summed E-state index contributed by atoms with van der Waals surface area (Å²) in [4.78, 5) is 27.7. The van der Waals surface area contributed by atoms with Crippen molar-refractivity contribution in [2.45, 2.75) is 83.3 Å². The van der Waals surface area contributed by atoms with Crippen molar-refractivity contribution < 1.29 is 33.0 Å². The monoisotopic (exact) mass is 679 g/mol. The molecule has 1 aliphatic rings. The van der Waals surface area contributed by atoms with Gasteiger partial charge in [-0.3, -0.25) is 4.79 Å². The zero-order chi connectivity index (χ0) is 34.9. The first-order valence-corrected chi connectivity index (χ1v) is 18.3. The smallest absolute Gasteiger partial charge is 0.410 e. The number of nitrogens with two attached hydrogens (primary N) is 1. The summed E-state index contributed by atoms with van der Waals surface area (Å²) in [6.45, 7) is 5.65. The zero-order valence-electron chi connectivity index (χ0n) is 28.2. The Bertz CT molecular complexity index is 1630. The average Bonchev–Trinajstić information content (AvgIpc) is 3.58. The van der Waals surface area contributed by atoms with Crippen molar-refractivity contribution in [3.05, 3.63) is 89.0 Å². The molecule has 0 heterocycles. The Kier molecular flexibility index (Phi) is 12.6. The molecule has 11 heteroatoms. The van der Waals surface area contributed by atoms with Gasteiger partial charge in [-0.1, -0.05) is 61.4 Å². The number of anilines is 1. The highest BCUT2D eigenvalue weighted by Crippen LogP contribution is 2.38. The van der Waals surface area contributed by atoms with Crippen LogP contribution in [0.5, 0.6) is 0 Å². The number of nitrogen functional groups attached to an aromatic ring is 1. The van der Waals surface area contributed by atoms with Crippen molar-refractivity contribution in [1.82, 2.24) is 9.62 Å². The fourth-order valence-corrected chi connectivity index (χ4v) is 6.98. The molecule has 3 aromatic rings. The molecule has 0 bridgehead atoms. The second-order valence-electron chi connectivity index (χ2n) is 13.5. The quantitative estimate of drug-likeness (QED) is 0.152. The molecule has 0 saturated heterocycles. The third-order valence-corrected chi connectivity index (χ3v) is 9.78. The van der Waals surface area contributed by atoms with Gasteiger partial charge in [0.1, 0.15) is 5.60 Å². The van der Waals surface area contributed by atoms with Gasteiger partial charge in [-0.2, -0.15) is 0 Å². The second kappa shape index (κ2) is 16.5. The van der Waals surface area contributed by atoms with Gasteiger partial charge in [-0.15, -0.1) is 0 Å². The minimum Gasteiger partial charge on any atom is -0.444 e. The number of hydrogen-bond acceptors (Lipinski definition) is 8. The number of nitrogens with zero attached hydrogens (tertiary/aromatic N) is 1. The molecule has 10 nitrogen and oxygen atoms in total. The van der Waals surface area contributed by atoms with Crippen LogP contribution < -0.4 is 10.5 Å². The van der Waals surface area contributed by atoms with Crippen LogP contribution in [0, 0.1) is 0 Å². The maximum Gasteiger partial charge on any atom is 0.410 e. The number of amides is 2. The fourth-order valence-electron chi connectivity index (χ4n) is 5.98. The van der Waals surface area contributed by atoms with Crippen LogP contribution in [0.15, 0.2) is 66.7 Å². The summed E-state index contributed by atoms with van der Waals surface area (Å²) in [6.07, 6.45) is 4.05. The van der Waals surface area contributed by atoms with E-state index in [-0.39, 0.29) is 31.2 Å². The number of benzene rings is 3. The molecule has 0 spiro atoms. The lowest BCUT2D eigenvalue weighted by atomic mass is 9.89. The van der Waals surface area contributed by atoms with Crippen molar-refractivity contribution in [2.75, 3.05) is 31.2 Å². The molecule has 5 N–H and O–H groups in total. The van der Waals surface area contributed by atoms with Crippen LogP contribution >= 0.6 is 0 Å². The van der Waals surface area contributed by atoms with Gasteiger partial charge in [0.05, 0.1) is 18.4 Å². The summed E-state index contributed by atoms with van der Waals surface area (Å²) < 4.78 is 32.5. The van der Waals surface area contributed by atoms with E-state index in [1.165, 1.54) is 0 Å². The predicted molar refractivity (Wildman–Crippen MR) is 188 cm³/mol.